The second-order valence-electron chi connectivity index (χ2n) is 13.0. The number of hydrogen-bond acceptors (Lipinski definition) is 2. The van der Waals surface area contributed by atoms with Gasteiger partial charge in [0.15, 0.2) is 0 Å². The fourth-order valence-corrected chi connectivity index (χ4v) is 8.92. The molecule has 5 rings (SSSR count). The lowest BCUT2D eigenvalue weighted by Crippen LogP contribution is -2.25. The summed E-state index contributed by atoms with van der Waals surface area (Å²) < 4.78 is 0. The molecule has 1 aliphatic carbocycles. The number of rotatable bonds is 20. The van der Waals surface area contributed by atoms with Gasteiger partial charge in [-0.05, 0) is 81.2 Å². The smallest absolute Gasteiger partial charge is 0.0342 e. The van der Waals surface area contributed by atoms with E-state index >= 15 is 0 Å². The number of thiophene rings is 2. The Balaban J connectivity index is 1.43. The van der Waals surface area contributed by atoms with Crippen molar-refractivity contribution >= 4 is 22.7 Å². The number of hydrogen-bond donors (Lipinski definition) is 0. The van der Waals surface area contributed by atoms with E-state index in [4.69, 9.17) is 0 Å². The summed E-state index contributed by atoms with van der Waals surface area (Å²) in [6.45, 7) is 4.63. The Morgan fingerprint density at radius 1 is 0.465 bits per heavy atom. The average molecular weight is 611 g/mol. The van der Waals surface area contributed by atoms with Gasteiger partial charge in [0.2, 0.25) is 0 Å². The van der Waals surface area contributed by atoms with Crippen LogP contribution in [0.2, 0.25) is 0 Å². The monoisotopic (exact) mass is 610 g/mol. The van der Waals surface area contributed by atoms with Crippen LogP contribution in [0.15, 0.2) is 71.4 Å². The molecule has 4 aromatic rings. The van der Waals surface area contributed by atoms with E-state index in [9.17, 15) is 0 Å². The van der Waals surface area contributed by atoms with Crippen LogP contribution in [-0.2, 0) is 5.41 Å². The minimum atomic E-state index is 0.121. The zero-order valence-corrected chi connectivity index (χ0v) is 28.6. The maximum atomic E-state index is 2.60. The Hall–Kier alpha value is -2.16. The summed E-state index contributed by atoms with van der Waals surface area (Å²) in [6, 6.07) is 23.9. The third-order valence-electron chi connectivity index (χ3n) is 9.89. The zero-order chi connectivity index (χ0) is 29.7. The first kappa shape index (κ1) is 32.2. The Morgan fingerprint density at radius 2 is 0.860 bits per heavy atom. The maximum Gasteiger partial charge on any atom is 0.0342 e. The fourth-order valence-electron chi connectivity index (χ4n) is 7.47. The van der Waals surface area contributed by atoms with E-state index in [0.717, 1.165) is 0 Å². The van der Waals surface area contributed by atoms with Crippen LogP contribution in [0.5, 0.6) is 0 Å². The molecule has 0 saturated carbocycles. The molecule has 1 aliphatic rings. The number of unbranched alkanes of at least 4 members (excludes halogenated alkanes) is 14. The molecule has 0 atom stereocenters. The summed E-state index contributed by atoms with van der Waals surface area (Å²) in [7, 11) is 0. The number of benzene rings is 2. The van der Waals surface area contributed by atoms with Gasteiger partial charge in [-0.1, -0.05) is 153 Å². The summed E-state index contributed by atoms with van der Waals surface area (Å²) >= 11 is 3.74. The predicted octanol–water partition coefficient (Wildman–Crippen LogP) is 14.5. The highest BCUT2D eigenvalue weighted by atomic mass is 32.1. The van der Waals surface area contributed by atoms with Gasteiger partial charge in [0.25, 0.3) is 0 Å². The fraction of sp³-hybridized carbons (Fsp3) is 0.512. The lowest BCUT2D eigenvalue weighted by atomic mass is 9.70. The van der Waals surface area contributed by atoms with E-state index < -0.39 is 0 Å². The highest BCUT2D eigenvalue weighted by Crippen LogP contribution is 2.56. The SMILES string of the molecule is CCCCCCCCCCC1(CCCCCCCCCC)c2cc(-c3cccs3)ccc2-c2ccc(-c3cccs3)cc21. The molecule has 0 radical (unpaired) electrons. The van der Waals surface area contributed by atoms with Crippen LogP contribution >= 0.6 is 22.7 Å². The molecule has 2 heteroatoms. The quantitative estimate of drug-likeness (QED) is 0.0873. The molecule has 0 nitrogen and oxygen atoms in total. The topological polar surface area (TPSA) is 0 Å². The van der Waals surface area contributed by atoms with Crippen LogP contribution in [0.4, 0.5) is 0 Å². The highest BCUT2D eigenvalue weighted by molar-refractivity contribution is 7.13. The van der Waals surface area contributed by atoms with E-state index in [-0.39, 0.29) is 5.41 Å². The van der Waals surface area contributed by atoms with Crippen LogP contribution in [-0.4, -0.2) is 0 Å². The minimum absolute atomic E-state index is 0.121. The van der Waals surface area contributed by atoms with Gasteiger partial charge in [0.1, 0.15) is 0 Å². The van der Waals surface area contributed by atoms with Crippen LogP contribution in [0.3, 0.4) is 0 Å². The molecule has 2 heterocycles. The highest BCUT2D eigenvalue weighted by Gasteiger charge is 2.42. The first-order valence-electron chi connectivity index (χ1n) is 17.6. The number of fused-ring (bicyclic) bond motifs is 3. The van der Waals surface area contributed by atoms with Crippen LogP contribution < -0.4 is 0 Å². The van der Waals surface area contributed by atoms with Crippen LogP contribution in [0, 0.1) is 0 Å². The summed E-state index contributed by atoms with van der Waals surface area (Å²) in [4.78, 5) is 2.79. The molecule has 0 saturated heterocycles. The third kappa shape index (κ3) is 8.12. The van der Waals surface area contributed by atoms with Gasteiger partial charge in [-0.25, -0.2) is 0 Å². The maximum absolute atomic E-state index is 2.60. The van der Waals surface area contributed by atoms with Gasteiger partial charge < -0.3 is 0 Å². The predicted molar refractivity (Wildman–Crippen MR) is 194 cm³/mol. The summed E-state index contributed by atoms with van der Waals surface area (Å²) in [5, 5.41) is 4.44. The van der Waals surface area contributed by atoms with Crippen molar-refractivity contribution < 1.29 is 0 Å². The van der Waals surface area contributed by atoms with Crippen molar-refractivity contribution in [3.05, 3.63) is 82.6 Å². The standard InChI is InChI=1S/C41H54S2/c1-3-5-7-9-11-13-15-17-27-41(28-18-16-14-12-10-8-6-4-2)37-31-33(39-21-19-29-42-39)23-25-35(37)36-26-24-34(32-38(36)41)40-22-20-30-43-40/h19-26,29-32H,3-18,27-28H2,1-2H3. The molecule has 0 amide bonds. The van der Waals surface area contributed by atoms with Crippen molar-refractivity contribution in [3.63, 3.8) is 0 Å². The summed E-state index contributed by atoms with van der Waals surface area (Å²) in [5.41, 5.74) is 9.13. The van der Waals surface area contributed by atoms with Gasteiger partial charge in [-0.3, -0.25) is 0 Å². The Labute approximate surface area is 271 Å². The zero-order valence-electron chi connectivity index (χ0n) is 27.0. The second-order valence-corrected chi connectivity index (χ2v) is 14.9. The Morgan fingerprint density at radius 3 is 1.23 bits per heavy atom. The van der Waals surface area contributed by atoms with Crippen LogP contribution in [0.1, 0.15) is 141 Å². The van der Waals surface area contributed by atoms with Crippen molar-refractivity contribution in [2.24, 2.45) is 0 Å². The molecular formula is C41H54S2. The Bertz CT molecular complexity index is 1240. The molecule has 230 valence electrons. The second kappa shape index (κ2) is 16.8. The average Bonchev–Trinajstić information content (AvgIpc) is 3.81. The van der Waals surface area contributed by atoms with Gasteiger partial charge in [0, 0.05) is 15.2 Å². The molecule has 43 heavy (non-hydrogen) atoms. The molecule has 0 unspecified atom stereocenters. The van der Waals surface area contributed by atoms with E-state index in [2.05, 4.69) is 85.3 Å². The summed E-state index contributed by atoms with van der Waals surface area (Å²) in [6.07, 6.45) is 24.7. The molecule has 0 fully saturated rings. The first-order valence-corrected chi connectivity index (χ1v) is 19.4. The van der Waals surface area contributed by atoms with Crippen molar-refractivity contribution in [2.45, 2.75) is 135 Å². The van der Waals surface area contributed by atoms with E-state index in [1.54, 1.807) is 11.1 Å². The van der Waals surface area contributed by atoms with Gasteiger partial charge in [-0.2, -0.15) is 0 Å². The molecule has 0 bridgehead atoms. The molecule has 0 spiro atoms. The van der Waals surface area contributed by atoms with Gasteiger partial charge in [0.05, 0.1) is 0 Å². The van der Waals surface area contributed by atoms with Crippen molar-refractivity contribution in [3.8, 4) is 32.0 Å². The van der Waals surface area contributed by atoms with Gasteiger partial charge in [-0.15, -0.1) is 22.7 Å². The minimum Gasteiger partial charge on any atom is -0.144 e. The van der Waals surface area contributed by atoms with E-state index in [1.807, 2.05) is 22.7 Å². The molecular weight excluding hydrogens is 557 g/mol. The first-order chi connectivity index (χ1) is 21.3. The Kier molecular flexibility index (Phi) is 12.6. The van der Waals surface area contributed by atoms with Gasteiger partial charge >= 0.3 is 0 Å². The lowest BCUT2D eigenvalue weighted by Gasteiger charge is -2.33. The third-order valence-corrected chi connectivity index (χ3v) is 11.7. The normalized spacial score (nSPS) is 13.3. The van der Waals surface area contributed by atoms with Crippen molar-refractivity contribution in [2.75, 3.05) is 0 Å². The molecule has 0 N–H and O–H groups in total. The largest absolute Gasteiger partial charge is 0.144 e. The molecule has 2 aromatic carbocycles. The van der Waals surface area contributed by atoms with E-state index in [1.165, 1.54) is 148 Å². The van der Waals surface area contributed by atoms with E-state index in [0.29, 0.717) is 0 Å². The van der Waals surface area contributed by atoms with Crippen LogP contribution in [0.25, 0.3) is 32.0 Å². The van der Waals surface area contributed by atoms with Crippen molar-refractivity contribution in [1.29, 1.82) is 0 Å². The lowest BCUT2D eigenvalue weighted by molar-refractivity contribution is 0.397. The summed E-state index contributed by atoms with van der Waals surface area (Å²) in [5.74, 6) is 0. The van der Waals surface area contributed by atoms with Crippen molar-refractivity contribution in [1.82, 2.24) is 0 Å². The molecule has 2 aromatic heterocycles. The molecule has 0 aliphatic heterocycles.